The van der Waals surface area contributed by atoms with Crippen molar-refractivity contribution < 1.29 is 14.6 Å². The summed E-state index contributed by atoms with van der Waals surface area (Å²) in [5.74, 6) is -0.543. The number of hydrogen-bond acceptors (Lipinski definition) is 4. The normalized spacial score (nSPS) is 16.1. The number of aliphatic hydroxyl groups is 1. The molecule has 0 radical (unpaired) electrons. The van der Waals surface area contributed by atoms with E-state index in [0.717, 1.165) is 0 Å². The smallest absolute Gasteiger partial charge is 0.242 e. The summed E-state index contributed by atoms with van der Waals surface area (Å²) >= 11 is 5.97. The number of carbonyl (C=O) groups is 1. The van der Waals surface area contributed by atoms with Crippen LogP contribution in [0.2, 0.25) is 5.02 Å². The van der Waals surface area contributed by atoms with Gasteiger partial charge in [-0.25, -0.2) is 0 Å². The quantitative estimate of drug-likeness (QED) is 0.712. The lowest BCUT2D eigenvalue weighted by Gasteiger charge is -2.30. The maximum Gasteiger partial charge on any atom is 0.242 e. The molecule has 4 N–H and O–H groups in total. The van der Waals surface area contributed by atoms with E-state index in [-0.39, 0.29) is 18.8 Å². The van der Waals surface area contributed by atoms with Gasteiger partial charge in [0.25, 0.3) is 0 Å². The second-order valence-corrected chi connectivity index (χ2v) is 6.89. The van der Waals surface area contributed by atoms with Gasteiger partial charge in [-0.1, -0.05) is 23.7 Å². The number of carbonyl (C=O) groups excluding carboxylic acids is 1. The Morgan fingerprint density at radius 1 is 1.41 bits per heavy atom. The lowest BCUT2D eigenvalue weighted by Crippen LogP contribution is -2.53. The lowest BCUT2D eigenvalue weighted by molar-refractivity contribution is -0.124. The number of aliphatic hydroxyl groups excluding tert-OH is 1. The first-order valence-electron chi connectivity index (χ1n) is 7.17. The molecule has 5 nitrogen and oxygen atoms in total. The van der Waals surface area contributed by atoms with Crippen LogP contribution in [0.5, 0.6) is 0 Å². The van der Waals surface area contributed by atoms with Crippen molar-refractivity contribution in [3.8, 4) is 0 Å². The van der Waals surface area contributed by atoms with Crippen molar-refractivity contribution in [2.45, 2.75) is 44.9 Å². The first-order valence-corrected chi connectivity index (χ1v) is 7.55. The fraction of sp³-hybridized carbons (Fsp3) is 0.562. The molecular weight excluding hydrogens is 304 g/mol. The molecule has 6 heteroatoms. The molecule has 0 aliphatic heterocycles. The molecule has 1 aromatic rings. The van der Waals surface area contributed by atoms with Gasteiger partial charge < -0.3 is 15.6 Å². The standard InChI is InChI=1S/C16H25ClN2O3/c1-15(2,3)22-10-13(20)9-19-16(4,14(18)21)11-6-5-7-12(17)8-11/h5-8,13,19-20H,9-10H2,1-4H3,(H2,18,21). The average Bonchev–Trinajstić information content (AvgIpc) is 2.41. The molecule has 2 atom stereocenters. The Kier molecular flexibility index (Phi) is 6.38. The number of amides is 1. The Morgan fingerprint density at radius 3 is 2.55 bits per heavy atom. The van der Waals surface area contributed by atoms with Crippen molar-refractivity contribution in [2.75, 3.05) is 13.2 Å². The number of primary amides is 1. The Bertz CT molecular complexity index is 516. The molecule has 0 fully saturated rings. The van der Waals surface area contributed by atoms with Crippen LogP contribution in [-0.4, -0.2) is 35.9 Å². The Morgan fingerprint density at radius 2 is 2.05 bits per heavy atom. The van der Waals surface area contributed by atoms with Crippen LogP contribution in [0.25, 0.3) is 0 Å². The number of ether oxygens (including phenoxy) is 1. The van der Waals surface area contributed by atoms with Crippen LogP contribution < -0.4 is 11.1 Å². The van der Waals surface area contributed by atoms with E-state index >= 15 is 0 Å². The fourth-order valence-electron chi connectivity index (χ4n) is 1.86. The van der Waals surface area contributed by atoms with Gasteiger partial charge in [-0.3, -0.25) is 10.1 Å². The van der Waals surface area contributed by atoms with E-state index in [1.54, 1.807) is 31.2 Å². The van der Waals surface area contributed by atoms with E-state index in [1.807, 2.05) is 20.8 Å². The molecule has 2 unspecified atom stereocenters. The number of nitrogens with two attached hydrogens (primary N) is 1. The zero-order valence-corrected chi connectivity index (χ0v) is 14.3. The third kappa shape index (κ3) is 5.57. The molecule has 1 amide bonds. The summed E-state index contributed by atoms with van der Waals surface area (Å²) in [4.78, 5) is 11.9. The maximum absolute atomic E-state index is 11.9. The topological polar surface area (TPSA) is 84.6 Å². The summed E-state index contributed by atoms with van der Waals surface area (Å²) in [7, 11) is 0. The fourth-order valence-corrected chi connectivity index (χ4v) is 2.05. The summed E-state index contributed by atoms with van der Waals surface area (Å²) in [5, 5.41) is 13.5. The molecular formula is C16H25ClN2O3. The van der Waals surface area contributed by atoms with Crippen molar-refractivity contribution in [1.82, 2.24) is 5.32 Å². The van der Waals surface area contributed by atoms with E-state index in [9.17, 15) is 9.90 Å². The molecule has 0 saturated heterocycles. The minimum absolute atomic E-state index is 0.168. The van der Waals surface area contributed by atoms with Gasteiger partial charge in [0.05, 0.1) is 18.3 Å². The molecule has 0 spiro atoms. The van der Waals surface area contributed by atoms with Crippen molar-refractivity contribution in [1.29, 1.82) is 0 Å². The van der Waals surface area contributed by atoms with Gasteiger partial charge in [-0.2, -0.15) is 0 Å². The molecule has 0 aromatic heterocycles. The highest BCUT2D eigenvalue weighted by molar-refractivity contribution is 6.30. The van der Waals surface area contributed by atoms with Crippen LogP contribution >= 0.6 is 11.6 Å². The van der Waals surface area contributed by atoms with Gasteiger partial charge >= 0.3 is 0 Å². The first kappa shape index (κ1) is 18.9. The van der Waals surface area contributed by atoms with Gasteiger partial charge in [-0.15, -0.1) is 0 Å². The molecule has 22 heavy (non-hydrogen) atoms. The number of hydrogen-bond donors (Lipinski definition) is 3. The van der Waals surface area contributed by atoms with E-state index < -0.39 is 17.6 Å². The summed E-state index contributed by atoms with van der Waals surface area (Å²) < 4.78 is 5.51. The molecule has 0 bridgehead atoms. The van der Waals surface area contributed by atoms with E-state index in [0.29, 0.717) is 10.6 Å². The summed E-state index contributed by atoms with van der Waals surface area (Å²) in [6.07, 6.45) is -0.753. The van der Waals surface area contributed by atoms with Gasteiger partial charge in [-0.05, 0) is 45.4 Å². The number of nitrogens with one attached hydrogen (secondary N) is 1. The minimum atomic E-state index is -1.12. The lowest BCUT2D eigenvalue weighted by atomic mass is 9.91. The third-order valence-corrected chi connectivity index (χ3v) is 3.53. The van der Waals surface area contributed by atoms with Gasteiger partial charge in [0, 0.05) is 11.6 Å². The zero-order chi connectivity index (χ0) is 17.0. The summed E-state index contributed by atoms with van der Waals surface area (Å²) in [6, 6.07) is 6.91. The summed E-state index contributed by atoms with van der Waals surface area (Å²) in [6.45, 7) is 7.73. The number of halogens is 1. The van der Waals surface area contributed by atoms with Crippen LogP contribution in [0.3, 0.4) is 0 Å². The molecule has 0 aliphatic carbocycles. The Hall–Kier alpha value is -1.14. The first-order chi connectivity index (χ1) is 10.0. The SMILES string of the molecule is CC(C)(C)OCC(O)CNC(C)(C(N)=O)c1cccc(Cl)c1. The average molecular weight is 329 g/mol. The predicted molar refractivity (Wildman–Crippen MR) is 87.7 cm³/mol. The highest BCUT2D eigenvalue weighted by Crippen LogP contribution is 2.23. The minimum Gasteiger partial charge on any atom is -0.389 e. The van der Waals surface area contributed by atoms with Gasteiger partial charge in [0.2, 0.25) is 5.91 Å². The van der Waals surface area contributed by atoms with Crippen LogP contribution in [0, 0.1) is 0 Å². The Balaban J connectivity index is 2.75. The second-order valence-electron chi connectivity index (χ2n) is 6.46. The molecule has 0 heterocycles. The van der Waals surface area contributed by atoms with Crippen LogP contribution in [0.4, 0.5) is 0 Å². The zero-order valence-electron chi connectivity index (χ0n) is 13.5. The van der Waals surface area contributed by atoms with Crippen molar-refractivity contribution in [3.63, 3.8) is 0 Å². The van der Waals surface area contributed by atoms with E-state index in [4.69, 9.17) is 22.1 Å². The summed E-state index contributed by atoms with van der Waals surface area (Å²) in [5.41, 5.74) is 4.72. The number of rotatable bonds is 7. The maximum atomic E-state index is 11.9. The second kappa shape index (κ2) is 7.42. The highest BCUT2D eigenvalue weighted by atomic mass is 35.5. The Labute approximate surface area is 136 Å². The van der Waals surface area contributed by atoms with Crippen LogP contribution in [0.15, 0.2) is 24.3 Å². The molecule has 1 aromatic carbocycles. The van der Waals surface area contributed by atoms with Crippen molar-refractivity contribution in [2.24, 2.45) is 5.73 Å². The van der Waals surface area contributed by atoms with Gasteiger partial charge in [0.1, 0.15) is 5.54 Å². The van der Waals surface area contributed by atoms with Gasteiger partial charge in [0.15, 0.2) is 0 Å². The largest absolute Gasteiger partial charge is 0.389 e. The predicted octanol–water partition coefficient (Wildman–Crippen LogP) is 1.81. The van der Waals surface area contributed by atoms with Crippen molar-refractivity contribution >= 4 is 17.5 Å². The highest BCUT2D eigenvalue weighted by Gasteiger charge is 2.33. The molecule has 124 valence electrons. The molecule has 1 rings (SSSR count). The van der Waals surface area contributed by atoms with Crippen LogP contribution in [-0.2, 0) is 15.1 Å². The molecule has 0 aliphatic rings. The van der Waals surface area contributed by atoms with E-state index in [1.165, 1.54) is 0 Å². The molecule has 0 saturated carbocycles. The number of benzene rings is 1. The van der Waals surface area contributed by atoms with Crippen molar-refractivity contribution in [3.05, 3.63) is 34.9 Å². The van der Waals surface area contributed by atoms with E-state index in [2.05, 4.69) is 5.32 Å². The van der Waals surface area contributed by atoms with Crippen LogP contribution in [0.1, 0.15) is 33.3 Å². The third-order valence-electron chi connectivity index (χ3n) is 3.29. The monoisotopic (exact) mass is 328 g/mol.